The summed E-state index contributed by atoms with van der Waals surface area (Å²) in [6.07, 6.45) is 1.74. The third-order valence-electron chi connectivity index (χ3n) is 3.14. The van der Waals surface area contributed by atoms with Crippen LogP contribution >= 0.6 is 11.3 Å². The van der Waals surface area contributed by atoms with Crippen molar-refractivity contribution in [3.05, 3.63) is 40.3 Å². The number of aromatic nitrogens is 1. The molecule has 102 valence electrons. The fourth-order valence-corrected chi connectivity index (χ4v) is 2.81. The molecule has 2 heterocycles. The lowest BCUT2D eigenvalue weighted by Crippen LogP contribution is -2.36. The number of hydrogen-bond donors (Lipinski definition) is 2. The van der Waals surface area contributed by atoms with Gasteiger partial charge in [-0.05, 0) is 17.5 Å². The largest absolute Gasteiger partial charge is 0.397 e. The van der Waals surface area contributed by atoms with Crippen LogP contribution in [0, 0.1) is 0 Å². The Morgan fingerprint density at radius 1 is 1.53 bits per heavy atom. The van der Waals surface area contributed by atoms with Gasteiger partial charge in [-0.2, -0.15) is 0 Å². The molecule has 0 bridgehead atoms. The molecule has 2 aromatic rings. The number of nitrogen functional groups attached to an aromatic ring is 1. The first kappa shape index (κ1) is 13.7. The van der Waals surface area contributed by atoms with Crippen molar-refractivity contribution in [3.63, 3.8) is 0 Å². The summed E-state index contributed by atoms with van der Waals surface area (Å²) in [6, 6.07) is 5.81. The molecule has 3 N–H and O–H groups in total. The fraction of sp³-hybridized carbons (Fsp3) is 0.357. The molecule has 0 fully saturated rings. The third kappa shape index (κ3) is 2.98. The predicted molar refractivity (Wildman–Crippen MR) is 79.5 cm³/mol. The van der Waals surface area contributed by atoms with Crippen LogP contribution in [0.5, 0.6) is 0 Å². The molecular formula is C14H19N3OS. The number of aryl methyl sites for hydroxylation is 1. The summed E-state index contributed by atoms with van der Waals surface area (Å²) in [7, 11) is 1.82. The van der Waals surface area contributed by atoms with Gasteiger partial charge < -0.3 is 15.6 Å². The Bertz CT molecular complexity index is 570. The second kappa shape index (κ2) is 5.09. The van der Waals surface area contributed by atoms with Crippen LogP contribution in [-0.2, 0) is 12.5 Å². The number of carbonyl (C=O) groups is 1. The van der Waals surface area contributed by atoms with Crippen LogP contribution in [0.15, 0.2) is 29.8 Å². The highest BCUT2D eigenvalue weighted by molar-refractivity contribution is 7.10. The summed E-state index contributed by atoms with van der Waals surface area (Å²) in [5.74, 6) is -0.0937. The molecule has 2 rings (SSSR count). The van der Waals surface area contributed by atoms with Gasteiger partial charge in [0.15, 0.2) is 0 Å². The molecule has 4 nitrogen and oxygen atoms in total. The van der Waals surface area contributed by atoms with Gasteiger partial charge in [0, 0.05) is 30.1 Å². The van der Waals surface area contributed by atoms with Crippen LogP contribution in [0.25, 0.3) is 0 Å². The molecule has 0 aromatic carbocycles. The number of hydrogen-bond acceptors (Lipinski definition) is 3. The molecular weight excluding hydrogens is 258 g/mol. The molecule has 0 unspecified atom stereocenters. The van der Waals surface area contributed by atoms with E-state index in [1.165, 1.54) is 4.88 Å². The Kier molecular flexibility index (Phi) is 3.66. The fourth-order valence-electron chi connectivity index (χ4n) is 1.96. The Morgan fingerprint density at radius 2 is 2.26 bits per heavy atom. The van der Waals surface area contributed by atoms with Crippen LogP contribution in [0.2, 0.25) is 0 Å². The average molecular weight is 277 g/mol. The van der Waals surface area contributed by atoms with Gasteiger partial charge >= 0.3 is 0 Å². The minimum absolute atomic E-state index is 0.0689. The van der Waals surface area contributed by atoms with E-state index < -0.39 is 0 Å². The lowest BCUT2D eigenvalue weighted by atomic mass is 9.91. The minimum Gasteiger partial charge on any atom is -0.397 e. The van der Waals surface area contributed by atoms with E-state index in [-0.39, 0.29) is 11.3 Å². The molecule has 0 saturated carbocycles. The zero-order valence-electron chi connectivity index (χ0n) is 11.4. The van der Waals surface area contributed by atoms with Crippen LogP contribution < -0.4 is 11.1 Å². The highest BCUT2D eigenvalue weighted by Gasteiger charge is 2.23. The van der Waals surface area contributed by atoms with E-state index in [1.54, 1.807) is 28.2 Å². The van der Waals surface area contributed by atoms with E-state index in [2.05, 4.69) is 30.6 Å². The standard InChI is InChI=1S/C14H19N3OS/c1-14(2,12-5-4-6-19-12)9-16-13(18)11-7-10(15)8-17(11)3/h4-8H,9,15H2,1-3H3,(H,16,18). The smallest absolute Gasteiger partial charge is 0.268 e. The first-order chi connectivity index (χ1) is 8.90. The first-order valence-corrected chi connectivity index (χ1v) is 7.02. The molecule has 1 amide bonds. The number of nitrogens with two attached hydrogens (primary N) is 1. The molecule has 2 aromatic heterocycles. The third-order valence-corrected chi connectivity index (χ3v) is 4.37. The van der Waals surface area contributed by atoms with Gasteiger partial charge in [0.2, 0.25) is 0 Å². The summed E-state index contributed by atoms with van der Waals surface area (Å²) in [5.41, 5.74) is 6.79. The summed E-state index contributed by atoms with van der Waals surface area (Å²) in [6.45, 7) is 4.84. The van der Waals surface area contributed by atoms with Gasteiger partial charge in [0.1, 0.15) is 5.69 Å². The van der Waals surface area contributed by atoms with Crippen LogP contribution in [0.4, 0.5) is 5.69 Å². The normalized spacial score (nSPS) is 11.5. The second-order valence-electron chi connectivity index (χ2n) is 5.31. The quantitative estimate of drug-likeness (QED) is 0.901. The predicted octanol–water partition coefficient (Wildman–Crippen LogP) is 2.38. The average Bonchev–Trinajstić information content (AvgIpc) is 2.96. The van der Waals surface area contributed by atoms with Crippen molar-refractivity contribution in [2.45, 2.75) is 19.3 Å². The zero-order chi connectivity index (χ0) is 14.0. The van der Waals surface area contributed by atoms with Gasteiger partial charge in [-0.1, -0.05) is 19.9 Å². The van der Waals surface area contributed by atoms with E-state index in [4.69, 9.17) is 5.73 Å². The monoisotopic (exact) mass is 277 g/mol. The van der Waals surface area contributed by atoms with E-state index >= 15 is 0 Å². The van der Waals surface area contributed by atoms with Gasteiger partial charge in [-0.3, -0.25) is 4.79 Å². The molecule has 0 spiro atoms. The van der Waals surface area contributed by atoms with E-state index in [0.29, 0.717) is 17.9 Å². The van der Waals surface area contributed by atoms with Gasteiger partial charge in [0.25, 0.3) is 5.91 Å². The summed E-state index contributed by atoms with van der Waals surface area (Å²) in [5, 5.41) is 5.03. The SMILES string of the molecule is Cn1cc(N)cc1C(=O)NCC(C)(C)c1cccs1. The molecule has 0 aliphatic rings. The summed E-state index contributed by atoms with van der Waals surface area (Å²) >= 11 is 1.71. The molecule has 0 radical (unpaired) electrons. The minimum atomic E-state index is -0.0937. The Hall–Kier alpha value is -1.75. The number of carbonyl (C=O) groups excluding carboxylic acids is 1. The first-order valence-electron chi connectivity index (χ1n) is 6.14. The van der Waals surface area contributed by atoms with Crippen molar-refractivity contribution in [2.24, 2.45) is 7.05 Å². The number of thiophene rings is 1. The molecule has 0 aliphatic carbocycles. The van der Waals surface area contributed by atoms with Crippen molar-refractivity contribution in [1.82, 2.24) is 9.88 Å². The second-order valence-corrected chi connectivity index (χ2v) is 6.26. The maximum Gasteiger partial charge on any atom is 0.268 e. The lowest BCUT2D eigenvalue weighted by Gasteiger charge is -2.23. The van der Waals surface area contributed by atoms with E-state index in [9.17, 15) is 4.79 Å². The van der Waals surface area contributed by atoms with Crippen molar-refractivity contribution in [1.29, 1.82) is 0 Å². The lowest BCUT2D eigenvalue weighted by molar-refractivity contribution is 0.0938. The van der Waals surface area contributed by atoms with Crippen LogP contribution in [0.3, 0.4) is 0 Å². The number of amides is 1. The van der Waals surface area contributed by atoms with E-state index in [0.717, 1.165) is 0 Å². The molecule has 5 heteroatoms. The number of nitrogens with zero attached hydrogens (tertiary/aromatic N) is 1. The Labute approximate surface area is 117 Å². The zero-order valence-corrected chi connectivity index (χ0v) is 12.3. The van der Waals surface area contributed by atoms with Gasteiger partial charge in [0.05, 0.1) is 5.69 Å². The maximum atomic E-state index is 12.1. The summed E-state index contributed by atoms with van der Waals surface area (Å²) in [4.78, 5) is 13.4. The number of anilines is 1. The van der Waals surface area contributed by atoms with Crippen molar-refractivity contribution >= 4 is 22.9 Å². The number of nitrogens with one attached hydrogen (secondary N) is 1. The maximum absolute atomic E-state index is 12.1. The van der Waals surface area contributed by atoms with Crippen molar-refractivity contribution < 1.29 is 4.79 Å². The van der Waals surface area contributed by atoms with Gasteiger partial charge in [-0.15, -0.1) is 11.3 Å². The topological polar surface area (TPSA) is 60.0 Å². The van der Waals surface area contributed by atoms with Crippen LogP contribution in [-0.4, -0.2) is 17.0 Å². The van der Waals surface area contributed by atoms with Crippen molar-refractivity contribution in [2.75, 3.05) is 12.3 Å². The number of rotatable bonds is 4. The van der Waals surface area contributed by atoms with Crippen LogP contribution in [0.1, 0.15) is 29.2 Å². The summed E-state index contributed by atoms with van der Waals surface area (Å²) < 4.78 is 1.74. The Morgan fingerprint density at radius 3 is 2.79 bits per heavy atom. The molecule has 0 atom stereocenters. The molecule has 0 aliphatic heterocycles. The molecule has 0 saturated heterocycles. The molecule has 19 heavy (non-hydrogen) atoms. The van der Waals surface area contributed by atoms with Crippen molar-refractivity contribution in [3.8, 4) is 0 Å². The van der Waals surface area contributed by atoms with E-state index in [1.807, 2.05) is 13.1 Å². The Balaban J connectivity index is 2.03. The highest BCUT2D eigenvalue weighted by Crippen LogP contribution is 2.26. The van der Waals surface area contributed by atoms with Gasteiger partial charge in [-0.25, -0.2) is 0 Å². The highest BCUT2D eigenvalue weighted by atomic mass is 32.1.